The molecule has 180 valence electrons. The van der Waals surface area contributed by atoms with Crippen LogP contribution in [0.25, 0.3) is 34.0 Å². The molecule has 1 N–H and O–H groups in total. The average Bonchev–Trinajstić information content (AvgIpc) is 3.34. The number of benzene rings is 2. The highest BCUT2D eigenvalue weighted by molar-refractivity contribution is 5.74. The summed E-state index contributed by atoms with van der Waals surface area (Å²) < 4.78 is 11.0. The lowest BCUT2D eigenvalue weighted by atomic mass is 9.94. The van der Waals surface area contributed by atoms with Crippen molar-refractivity contribution in [2.24, 2.45) is 0 Å². The zero-order valence-electron chi connectivity index (χ0n) is 20.2. The van der Waals surface area contributed by atoms with Crippen LogP contribution in [0.4, 0.5) is 0 Å². The first-order chi connectivity index (χ1) is 16.9. The number of aromatic nitrogens is 3. The Morgan fingerprint density at radius 1 is 1.11 bits per heavy atom. The van der Waals surface area contributed by atoms with Crippen LogP contribution in [0.5, 0.6) is 0 Å². The van der Waals surface area contributed by atoms with E-state index in [1.54, 1.807) is 25.3 Å². The summed E-state index contributed by atoms with van der Waals surface area (Å²) in [6, 6.07) is 17.9. The number of carbonyl (C=O) groups is 1. The van der Waals surface area contributed by atoms with Gasteiger partial charge in [0.15, 0.2) is 0 Å². The summed E-state index contributed by atoms with van der Waals surface area (Å²) in [4.78, 5) is 21.7. The van der Waals surface area contributed by atoms with Crippen LogP contribution in [0.2, 0.25) is 0 Å². The molecule has 4 rings (SSSR count). The Hall–Kier alpha value is -3.88. The first-order valence-electron chi connectivity index (χ1n) is 11.3. The fraction of sp³-hybridized carbons (Fsp3) is 0.259. The van der Waals surface area contributed by atoms with E-state index in [0.717, 1.165) is 27.9 Å². The number of carboxylic acids is 1. The minimum absolute atomic E-state index is 0.0630. The van der Waals surface area contributed by atoms with Crippen LogP contribution in [0, 0.1) is 6.92 Å². The normalized spacial score (nSPS) is 12.1. The van der Waals surface area contributed by atoms with E-state index in [1.165, 1.54) is 5.56 Å². The van der Waals surface area contributed by atoms with Crippen molar-refractivity contribution in [2.45, 2.75) is 26.5 Å². The lowest BCUT2D eigenvalue weighted by Gasteiger charge is -2.22. The highest BCUT2D eigenvalue weighted by atomic mass is 16.5. The molecule has 0 saturated heterocycles. The van der Waals surface area contributed by atoms with E-state index in [1.807, 2.05) is 43.3 Å². The molecular formula is C27H28N4O4. The summed E-state index contributed by atoms with van der Waals surface area (Å²) in [6.45, 7) is 4.40. The van der Waals surface area contributed by atoms with E-state index < -0.39 is 5.97 Å². The lowest BCUT2D eigenvalue weighted by molar-refractivity contribution is -0.138. The number of nitrogens with zero attached hydrogens (tertiary/aromatic N) is 4. The third kappa shape index (κ3) is 5.45. The molecule has 0 bridgehead atoms. The third-order valence-electron chi connectivity index (χ3n) is 6.03. The number of hydrogen-bond acceptors (Lipinski definition) is 7. The van der Waals surface area contributed by atoms with Gasteiger partial charge in [-0.05, 0) is 67.4 Å². The molecule has 0 aliphatic rings. The topological polar surface area (TPSA) is 102 Å². The summed E-state index contributed by atoms with van der Waals surface area (Å²) in [5, 5.41) is 13.1. The monoisotopic (exact) mass is 472 g/mol. The Labute approximate surface area is 204 Å². The Morgan fingerprint density at radius 3 is 2.57 bits per heavy atom. The average molecular weight is 473 g/mol. The van der Waals surface area contributed by atoms with Crippen LogP contribution in [-0.2, 0) is 16.1 Å². The van der Waals surface area contributed by atoms with Crippen molar-refractivity contribution in [3.63, 3.8) is 0 Å². The molecule has 0 aliphatic heterocycles. The van der Waals surface area contributed by atoms with E-state index in [-0.39, 0.29) is 12.6 Å². The number of ether oxygens (including phenoxy) is 1. The van der Waals surface area contributed by atoms with Crippen LogP contribution in [0.15, 0.2) is 65.3 Å². The SMILES string of the molecule is COCc1cc(-c2nc(-c3ccc(C(C)N(C)CC(=O)O)nc3)no2)ccc1-c1ccccc1C. The molecule has 8 heteroatoms. The second kappa shape index (κ2) is 10.6. The van der Waals surface area contributed by atoms with E-state index in [4.69, 9.17) is 14.4 Å². The maximum absolute atomic E-state index is 11.0. The molecule has 2 aromatic heterocycles. The van der Waals surface area contributed by atoms with E-state index in [9.17, 15) is 4.79 Å². The van der Waals surface area contributed by atoms with Gasteiger partial charge in [-0.25, -0.2) is 0 Å². The van der Waals surface area contributed by atoms with E-state index in [2.05, 4.69) is 40.2 Å². The predicted molar refractivity (Wildman–Crippen MR) is 133 cm³/mol. The van der Waals surface area contributed by atoms with Gasteiger partial charge >= 0.3 is 5.97 Å². The number of aryl methyl sites for hydroxylation is 1. The molecule has 2 aromatic carbocycles. The van der Waals surface area contributed by atoms with Crippen LogP contribution in [0.3, 0.4) is 0 Å². The standard InChI is InChI=1S/C27H28N4O4/c1-17-7-5-6-8-22(17)23-11-9-19(13-21(23)16-34-4)27-29-26(30-35-27)20-10-12-24(28-14-20)18(2)31(3)15-25(32)33/h5-14,18H,15-16H2,1-4H3,(H,32,33). The lowest BCUT2D eigenvalue weighted by Crippen LogP contribution is -2.28. The fourth-order valence-electron chi connectivity index (χ4n) is 3.96. The van der Waals surface area contributed by atoms with Gasteiger partial charge in [0.1, 0.15) is 0 Å². The maximum Gasteiger partial charge on any atom is 0.317 e. The molecule has 1 atom stereocenters. The molecule has 1 unspecified atom stereocenters. The van der Waals surface area contributed by atoms with Gasteiger partial charge in [0.05, 0.1) is 18.8 Å². The van der Waals surface area contributed by atoms with Crippen molar-refractivity contribution in [2.75, 3.05) is 20.7 Å². The van der Waals surface area contributed by atoms with Crippen LogP contribution < -0.4 is 0 Å². The first-order valence-corrected chi connectivity index (χ1v) is 11.3. The molecule has 0 radical (unpaired) electrons. The van der Waals surface area contributed by atoms with Gasteiger partial charge in [-0.2, -0.15) is 4.98 Å². The fourth-order valence-corrected chi connectivity index (χ4v) is 3.96. The highest BCUT2D eigenvalue weighted by Gasteiger charge is 2.18. The Kier molecular flexibility index (Phi) is 7.33. The van der Waals surface area contributed by atoms with Crippen LogP contribution in [0.1, 0.15) is 29.8 Å². The number of methoxy groups -OCH3 is 1. The Balaban J connectivity index is 1.58. The van der Waals surface area contributed by atoms with Gasteiger partial charge in [-0.15, -0.1) is 0 Å². The Morgan fingerprint density at radius 2 is 1.89 bits per heavy atom. The second-order valence-corrected chi connectivity index (χ2v) is 8.50. The summed E-state index contributed by atoms with van der Waals surface area (Å²) >= 11 is 0. The zero-order chi connectivity index (χ0) is 24.9. The zero-order valence-corrected chi connectivity index (χ0v) is 20.2. The predicted octanol–water partition coefficient (Wildman–Crippen LogP) is 5.00. The number of pyridine rings is 1. The van der Waals surface area contributed by atoms with Crippen LogP contribution >= 0.6 is 0 Å². The summed E-state index contributed by atoms with van der Waals surface area (Å²) in [6.07, 6.45) is 1.67. The highest BCUT2D eigenvalue weighted by Crippen LogP contribution is 2.31. The van der Waals surface area contributed by atoms with Gasteiger partial charge in [0, 0.05) is 30.5 Å². The van der Waals surface area contributed by atoms with E-state index >= 15 is 0 Å². The van der Waals surface area contributed by atoms with Crippen molar-refractivity contribution in [1.29, 1.82) is 0 Å². The molecule has 0 saturated carbocycles. The number of hydrogen-bond donors (Lipinski definition) is 1. The molecule has 2 heterocycles. The molecular weight excluding hydrogens is 444 g/mol. The molecule has 35 heavy (non-hydrogen) atoms. The van der Waals surface area contributed by atoms with E-state index in [0.29, 0.717) is 23.9 Å². The summed E-state index contributed by atoms with van der Waals surface area (Å²) in [5.74, 6) is -0.0370. The van der Waals surface area contributed by atoms with Crippen molar-refractivity contribution < 1.29 is 19.2 Å². The van der Waals surface area contributed by atoms with Crippen molar-refractivity contribution in [1.82, 2.24) is 20.0 Å². The minimum Gasteiger partial charge on any atom is -0.480 e. The van der Waals surface area contributed by atoms with Crippen molar-refractivity contribution in [3.05, 3.63) is 77.6 Å². The number of likely N-dealkylation sites (N-methyl/N-ethyl adjacent to an activating group) is 1. The number of carboxylic acid groups (broad SMARTS) is 1. The van der Waals surface area contributed by atoms with Crippen molar-refractivity contribution >= 4 is 5.97 Å². The quantitative estimate of drug-likeness (QED) is 0.363. The second-order valence-electron chi connectivity index (χ2n) is 8.50. The van der Waals surface area contributed by atoms with Gasteiger partial charge in [-0.1, -0.05) is 35.5 Å². The molecule has 0 amide bonds. The van der Waals surface area contributed by atoms with Crippen molar-refractivity contribution in [3.8, 4) is 34.0 Å². The molecule has 8 nitrogen and oxygen atoms in total. The molecule has 0 spiro atoms. The molecule has 0 aliphatic carbocycles. The first kappa shape index (κ1) is 24.3. The third-order valence-corrected chi connectivity index (χ3v) is 6.03. The maximum atomic E-state index is 11.0. The summed E-state index contributed by atoms with van der Waals surface area (Å²) in [5.41, 5.74) is 6.77. The van der Waals surface area contributed by atoms with Crippen LogP contribution in [-0.4, -0.2) is 51.8 Å². The van der Waals surface area contributed by atoms with Gasteiger partial charge in [-0.3, -0.25) is 14.7 Å². The van der Waals surface area contributed by atoms with Gasteiger partial charge in [0.2, 0.25) is 5.82 Å². The molecule has 0 fully saturated rings. The van der Waals surface area contributed by atoms with Gasteiger partial charge < -0.3 is 14.4 Å². The largest absolute Gasteiger partial charge is 0.480 e. The summed E-state index contributed by atoms with van der Waals surface area (Å²) in [7, 11) is 3.43. The molecule has 4 aromatic rings. The Bertz CT molecular complexity index is 1320. The van der Waals surface area contributed by atoms with Gasteiger partial charge in [0.25, 0.3) is 5.89 Å². The number of rotatable bonds is 9. The minimum atomic E-state index is -0.879. The smallest absolute Gasteiger partial charge is 0.317 e. The number of aliphatic carboxylic acids is 1.